The number of allylic oxidation sites excluding steroid dienone is 4. The summed E-state index contributed by atoms with van der Waals surface area (Å²) in [6.07, 6.45) is 7.89. The van der Waals surface area contributed by atoms with E-state index in [-0.39, 0.29) is 30.4 Å². The van der Waals surface area contributed by atoms with Crippen molar-refractivity contribution in [3.05, 3.63) is 51.8 Å². The molecule has 5 heteroatoms. The van der Waals surface area contributed by atoms with Crippen LogP contribution in [-0.4, -0.2) is 12.4 Å². The van der Waals surface area contributed by atoms with E-state index in [1.165, 1.54) is 6.55 Å². The molecule has 0 atom stereocenters. The fraction of sp³-hybridized carbons (Fsp3) is 0.500. The van der Waals surface area contributed by atoms with Crippen molar-refractivity contribution in [1.29, 1.82) is 0 Å². The molecule has 0 heterocycles. The third-order valence-electron chi connectivity index (χ3n) is 6.85. The van der Waals surface area contributed by atoms with Crippen molar-refractivity contribution in [3.63, 3.8) is 0 Å². The van der Waals surface area contributed by atoms with E-state index in [9.17, 15) is 0 Å². The van der Waals surface area contributed by atoms with Crippen molar-refractivity contribution in [2.75, 3.05) is 0 Å². The second-order valence-electron chi connectivity index (χ2n) is 16.5. The van der Waals surface area contributed by atoms with Crippen LogP contribution in [0.1, 0.15) is 27.2 Å². The van der Waals surface area contributed by atoms with Gasteiger partial charge in [0.15, 0.2) is 0 Å². The molecule has 2 rings (SSSR count). The summed E-state index contributed by atoms with van der Waals surface area (Å²) in [4.78, 5) is 0. The first-order chi connectivity index (χ1) is 9.61. The van der Waals surface area contributed by atoms with Gasteiger partial charge in [0.25, 0.3) is 0 Å². The van der Waals surface area contributed by atoms with Gasteiger partial charge < -0.3 is 0 Å². The van der Waals surface area contributed by atoms with E-state index in [1.54, 1.807) is 0 Å². The predicted octanol–water partition coefficient (Wildman–Crippen LogP) is 5.92. The fourth-order valence-electron chi connectivity index (χ4n) is 6.10. The minimum absolute atomic E-state index is 0. The fourth-order valence-corrected chi connectivity index (χ4v) is 38.8. The number of nitrogens with one attached hydrogen (secondary N) is 1. The van der Waals surface area contributed by atoms with Crippen molar-refractivity contribution in [1.82, 2.24) is 3.26 Å². The van der Waals surface area contributed by atoms with Crippen molar-refractivity contribution >= 4 is 35.0 Å². The maximum Gasteiger partial charge on any atom is -0.147 e. The molecule has 1 aliphatic rings. The van der Waals surface area contributed by atoms with Gasteiger partial charge in [-0.25, -0.2) is 0 Å². The van der Waals surface area contributed by atoms with Crippen LogP contribution in [0.15, 0.2) is 51.8 Å². The smallest absolute Gasteiger partial charge is 0.147 e. The van der Waals surface area contributed by atoms with E-state index in [0.717, 1.165) is 6.42 Å². The van der Waals surface area contributed by atoms with Crippen LogP contribution in [0.2, 0.25) is 23.2 Å². The van der Waals surface area contributed by atoms with Crippen molar-refractivity contribution in [2.45, 2.75) is 55.9 Å². The molecule has 0 aliphatic heterocycles. The number of hydrogen-bond acceptors (Lipinski definition) is 1. The van der Waals surface area contributed by atoms with Crippen LogP contribution in [0.25, 0.3) is 0 Å². The Morgan fingerprint density at radius 1 is 0.920 bits per heavy atom. The molecule has 0 spiro atoms. The average Bonchev–Trinajstić information content (AvgIpc) is 2.80. The summed E-state index contributed by atoms with van der Waals surface area (Å²) < 4.78 is 20.1. The van der Waals surface area contributed by atoms with E-state index >= 15 is 0 Å². The van der Waals surface area contributed by atoms with Gasteiger partial charge in [-0.2, -0.15) is 0 Å². The van der Waals surface area contributed by atoms with Crippen LogP contribution in [0.5, 0.6) is 0 Å². The number of hydrogen-bond donors (Lipinski definition) is 1. The SMILES string of the molecule is CC(C)(C)[NH][Zr]([CH3])([CH3])([CH3])([CH3])([CH3])(=[SiH2])([C]1=CC=CC1)[c]1ccccc1.Cl.Cl. The molecule has 25 heavy (non-hydrogen) atoms. The Hall–Kier alpha value is 0.340. The van der Waals surface area contributed by atoms with Crippen LogP contribution >= 0.6 is 24.8 Å². The maximum absolute atomic E-state index is 5.58. The summed E-state index contributed by atoms with van der Waals surface area (Å²) in [6, 6.07) is 11.1. The first kappa shape index (κ1) is 25.3. The quantitative estimate of drug-likeness (QED) is 0.526. The van der Waals surface area contributed by atoms with Crippen LogP contribution in [0, 0.1) is 0 Å². The average molecular weight is 484 g/mol. The van der Waals surface area contributed by atoms with Crippen LogP contribution in [0.4, 0.5) is 0 Å². The summed E-state index contributed by atoms with van der Waals surface area (Å²) in [5.74, 6) is 0. The molecule has 0 radical (unpaired) electrons. The Bertz CT molecular complexity index is 958. The molecule has 0 saturated heterocycles. The van der Waals surface area contributed by atoms with Crippen LogP contribution < -0.4 is 6.53 Å². The Kier molecular flexibility index (Phi) is 3.95. The molecule has 1 aliphatic carbocycles. The van der Waals surface area contributed by atoms with E-state index in [2.05, 4.69) is 103 Å². The van der Waals surface area contributed by atoms with Crippen molar-refractivity contribution in [2.24, 2.45) is 0 Å². The van der Waals surface area contributed by atoms with Gasteiger partial charge in [0.05, 0.1) is 0 Å². The first-order valence-electron chi connectivity index (χ1n) is 8.98. The minimum atomic E-state index is -5.58. The van der Waals surface area contributed by atoms with Gasteiger partial charge >= 0.3 is 133 Å². The molecule has 1 aromatic rings. The Morgan fingerprint density at radius 2 is 1.40 bits per heavy atom. The molecule has 1 N–H and O–H groups in total. The molecular weight excluding hydrogens is 444 g/mol. The second kappa shape index (κ2) is 3.90. The van der Waals surface area contributed by atoms with Gasteiger partial charge in [-0.3, -0.25) is 0 Å². The van der Waals surface area contributed by atoms with E-state index in [0.29, 0.717) is 0 Å². The van der Waals surface area contributed by atoms with E-state index in [4.69, 9.17) is 0 Å². The zero-order chi connectivity index (χ0) is 18.1. The summed E-state index contributed by atoms with van der Waals surface area (Å²) in [5, 5.41) is 0. The second-order valence-corrected chi connectivity index (χ2v) is 103. The zero-order valence-corrected chi connectivity index (χ0v) is 22.9. The van der Waals surface area contributed by atoms with Gasteiger partial charge in [0, 0.05) is 0 Å². The summed E-state index contributed by atoms with van der Waals surface area (Å²) in [5.41, 5.74) is -0.0314. The van der Waals surface area contributed by atoms with Gasteiger partial charge in [-0.15, -0.1) is 24.8 Å². The standard InChI is InChI=1S/C6H5.C5H5.C4H10N.5CH3.2ClH.H2Si.Zr/c1-2-4-6-5-3-1;1-2-4-5-3-1;1-4(2,3)5;;;;;;;;;/h1-5H;1-3H,4H2;5H,1-3H3;5*1H3;2*1H;1H2;/q;;-1;;;;;;;;;+1. The Labute approximate surface area is 156 Å². The Balaban J connectivity index is 0.00000288. The van der Waals surface area contributed by atoms with Crippen LogP contribution in [-0.2, 0) is 11.8 Å². The molecule has 0 bridgehead atoms. The molecule has 0 saturated carbocycles. The maximum atomic E-state index is 4.34. The van der Waals surface area contributed by atoms with Gasteiger partial charge in [-0.1, -0.05) is 0 Å². The van der Waals surface area contributed by atoms with Crippen LogP contribution in [0.3, 0.4) is 0 Å². The molecular formula is C20H39Cl2NSiZr. The monoisotopic (exact) mass is 481 g/mol. The molecule has 146 valence electrons. The normalized spacial score (nSPS) is 23.0. The molecule has 0 aromatic heterocycles. The summed E-state index contributed by atoms with van der Waals surface area (Å²) >= 11 is -5.58. The van der Waals surface area contributed by atoms with E-state index < -0.39 is 11.8 Å². The minimum Gasteiger partial charge on any atom is -0.147 e. The molecule has 1 nitrogen and oxygen atoms in total. The van der Waals surface area contributed by atoms with Gasteiger partial charge in [-0.05, 0) is 0 Å². The summed E-state index contributed by atoms with van der Waals surface area (Å²) in [6.45, 7) is 9.12. The van der Waals surface area contributed by atoms with Gasteiger partial charge in [0.1, 0.15) is 0 Å². The first-order valence-corrected chi connectivity index (χ1v) is 30.9. The van der Waals surface area contributed by atoms with E-state index in [1.807, 2.05) is 0 Å². The molecule has 0 fully saturated rings. The third kappa shape index (κ3) is 3.57. The predicted molar refractivity (Wildman–Crippen MR) is 123 cm³/mol. The topological polar surface area (TPSA) is 12.0 Å². The largest absolute Gasteiger partial charge is 0.147 e. The van der Waals surface area contributed by atoms with Crippen molar-refractivity contribution in [3.8, 4) is 0 Å². The third-order valence-corrected chi connectivity index (χ3v) is 40.8. The summed E-state index contributed by atoms with van der Waals surface area (Å²) in [7, 11) is 0. The zero-order valence-electron chi connectivity index (χ0n) is 17.3. The van der Waals surface area contributed by atoms with Crippen molar-refractivity contribution < 1.29 is 11.8 Å². The number of benzene rings is 1. The Morgan fingerprint density at radius 3 is 1.76 bits per heavy atom. The molecule has 0 amide bonds. The number of halogens is 2. The molecule has 1 aromatic carbocycles. The number of rotatable bonds is 3. The van der Waals surface area contributed by atoms with Gasteiger partial charge in [0.2, 0.25) is 0 Å². The molecule has 0 unspecified atom stereocenters.